The van der Waals surface area contributed by atoms with Crippen molar-refractivity contribution in [3.05, 3.63) is 35.9 Å². The molecule has 0 radical (unpaired) electrons. The highest BCUT2D eigenvalue weighted by molar-refractivity contribution is 5.42. The van der Waals surface area contributed by atoms with Crippen LogP contribution in [0.15, 0.2) is 28.9 Å². The van der Waals surface area contributed by atoms with Crippen molar-refractivity contribution in [3.8, 4) is 0 Å². The van der Waals surface area contributed by atoms with Gasteiger partial charge < -0.3 is 15.1 Å². The minimum atomic E-state index is 0.559. The Labute approximate surface area is 113 Å². The third-order valence-electron chi connectivity index (χ3n) is 2.55. The standard InChI is InChI=1S/C14H20N4O/c1-10(2)8-16-14-17-11(3)7-13(18-14)15-9-12-5-4-6-19-12/h4-7,10H,8-9H2,1-3H3,(H2,15,16,17,18). The van der Waals surface area contributed by atoms with Gasteiger partial charge in [0.1, 0.15) is 11.6 Å². The third kappa shape index (κ3) is 4.28. The lowest BCUT2D eigenvalue weighted by Gasteiger charge is -2.10. The van der Waals surface area contributed by atoms with Gasteiger partial charge in [0, 0.05) is 18.3 Å². The van der Waals surface area contributed by atoms with E-state index < -0.39 is 0 Å². The normalized spacial score (nSPS) is 10.7. The van der Waals surface area contributed by atoms with Crippen LogP contribution in [0.1, 0.15) is 25.3 Å². The minimum Gasteiger partial charge on any atom is -0.467 e. The summed E-state index contributed by atoms with van der Waals surface area (Å²) in [6, 6.07) is 5.72. The van der Waals surface area contributed by atoms with Gasteiger partial charge >= 0.3 is 0 Å². The molecule has 102 valence electrons. The Morgan fingerprint density at radius 2 is 2.11 bits per heavy atom. The number of anilines is 2. The summed E-state index contributed by atoms with van der Waals surface area (Å²) in [7, 11) is 0. The molecule has 0 spiro atoms. The van der Waals surface area contributed by atoms with Gasteiger partial charge in [-0.15, -0.1) is 0 Å². The van der Waals surface area contributed by atoms with Gasteiger partial charge in [-0.1, -0.05) is 13.8 Å². The van der Waals surface area contributed by atoms with Crippen LogP contribution < -0.4 is 10.6 Å². The van der Waals surface area contributed by atoms with E-state index in [4.69, 9.17) is 4.42 Å². The number of hydrogen-bond acceptors (Lipinski definition) is 5. The molecule has 0 fully saturated rings. The lowest BCUT2D eigenvalue weighted by Crippen LogP contribution is -2.12. The van der Waals surface area contributed by atoms with E-state index in [9.17, 15) is 0 Å². The van der Waals surface area contributed by atoms with Crippen LogP contribution in [0, 0.1) is 12.8 Å². The molecule has 2 rings (SSSR count). The second kappa shape index (κ2) is 6.22. The van der Waals surface area contributed by atoms with E-state index in [2.05, 4.69) is 34.4 Å². The van der Waals surface area contributed by atoms with Crippen molar-refractivity contribution in [2.75, 3.05) is 17.2 Å². The fourth-order valence-electron chi connectivity index (χ4n) is 1.62. The third-order valence-corrected chi connectivity index (χ3v) is 2.55. The predicted octanol–water partition coefficient (Wildman–Crippen LogP) is 3.06. The van der Waals surface area contributed by atoms with Crippen molar-refractivity contribution in [2.45, 2.75) is 27.3 Å². The van der Waals surface area contributed by atoms with E-state index in [1.807, 2.05) is 25.1 Å². The summed E-state index contributed by atoms with van der Waals surface area (Å²) in [4.78, 5) is 8.80. The molecule has 2 aromatic rings. The lowest BCUT2D eigenvalue weighted by atomic mass is 10.2. The number of hydrogen-bond donors (Lipinski definition) is 2. The van der Waals surface area contributed by atoms with Crippen molar-refractivity contribution in [1.82, 2.24) is 9.97 Å². The van der Waals surface area contributed by atoms with Gasteiger partial charge in [0.2, 0.25) is 5.95 Å². The maximum absolute atomic E-state index is 5.27. The summed E-state index contributed by atoms with van der Waals surface area (Å²) in [6.07, 6.45) is 1.66. The SMILES string of the molecule is Cc1cc(NCc2ccco2)nc(NCC(C)C)n1. The molecule has 0 saturated carbocycles. The van der Waals surface area contributed by atoms with E-state index in [0.29, 0.717) is 18.4 Å². The number of rotatable bonds is 6. The molecule has 0 atom stereocenters. The molecule has 0 saturated heterocycles. The van der Waals surface area contributed by atoms with Crippen molar-refractivity contribution in [1.29, 1.82) is 0 Å². The molecule has 0 aliphatic heterocycles. The fraction of sp³-hybridized carbons (Fsp3) is 0.429. The second-order valence-corrected chi connectivity index (χ2v) is 4.93. The summed E-state index contributed by atoms with van der Waals surface area (Å²) in [5, 5.41) is 6.46. The van der Waals surface area contributed by atoms with Gasteiger partial charge in [0.15, 0.2) is 0 Å². The molecule has 2 aromatic heterocycles. The quantitative estimate of drug-likeness (QED) is 0.835. The average molecular weight is 260 g/mol. The molecule has 2 N–H and O–H groups in total. The molecular weight excluding hydrogens is 240 g/mol. The Bertz CT molecular complexity index is 508. The summed E-state index contributed by atoms with van der Waals surface area (Å²) >= 11 is 0. The molecule has 5 nitrogen and oxygen atoms in total. The van der Waals surface area contributed by atoms with Gasteiger partial charge in [-0.2, -0.15) is 4.98 Å². The van der Waals surface area contributed by atoms with E-state index in [1.54, 1.807) is 6.26 Å². The van der Waals surface area contributed by atoms with Crippen LogP contribution in [0.4, 0.5) is 11.8 Å². The van der Waals surface area contributed by atoms with Crippen molar-refractivity contribution in [2.24, 2.45) is 5.92 Å². The number of aryl methyl sites for hydroxylation is 1. The Morgan fingerprint density at radius 3 is 2.79 bits per heavy atom. The van der Waals surface area contributed by atoms with Gasteiger partial charge in [0.05, 0.1) is 12.8 Å². The summed E-state index contributed by atoms with van der Waals surface area (Å²) in [6.45, 7) is 7.74. The van der Waals surface area contributed by atoms with E-state index in [0.717, 1.165) is 23.8 Å². The first-order valence-corrected chi connectivity index (χ1v) is 6.49. The Balaban J connectivity index is 1.99. The summed E-state index contributed by atoms with van der Waals surface area (Å²) in [5.41, 5.74) is 0.934. The Kier molecular flexibility index (Phi) is 4.39. The maximum atomic E-state index is 5.27. The van der Waals surface area contributed by atoms with Gasteiger partial charge in [-0.05, 0) is 25.0 Å². The first-order valence-electron chi connectivity index (χ1n) is 6.49. The highest BCUT2D eigenvalue weighted by atomic mass is 16.3. The van der Waals surface area contributed by atoms with Crippen molar-refractivity contribution in [3.63, 3.8) is 0 Å². The van der Waals surface area contributed by atoms with Crippen LogP contribution in [0.5, 0.6) is 0 Å². The zero-order chi connectivity index (χ0) is 13.7. The molecule has 0 bridgehead atoms. The number of aromatic nitrogens is 2. The number of nitrogens with zero attached hydrogens (tertiary/aromatic N) is 2. The molecule has 0 aliphatic rings. The molecular formula is C14H20N4O. The van der Waals surface area contributed by atoms with E-state index in [1.165, 1.54) is 0 Å². The predicted molar refractivity (Wildman–Crippen MR) is 76.1 cm³/mol. The zero-order valence-corrected chi connectivity index (χ0v) is 11.6. The molecule has 5 heteroatoms. The number of furan rings is 1. The molecule has 19 heavy (non-hydrogen) atoms. The lowest BCUT2D eigenvalue weighted by molar-refractivity contribution is 0.518. The largest absolute Gasteiger partial charge is 0.467 e. The first-order chi connectivity index (χ1) is 9.13. The second-order valence-electron chi connectivity index (χ2n) is 4.93. The average Bonchev–Trinajstić information content (AvgIpc) is 2.86. The molecule has 0 aliphatic carbocycles. The molecule has 2 heterocycles. The van der Waals surface area contributed by atoms with Crippen LogP contribution in [0.2, 0.25) is 0 Å². The first kappa shape index (κ1) is 13.4. The fourth-order valence-corrected chi connectivity index (χ4v) is 1.62. The van der Waals surface area contributed by atoms with E-state index >= 15 is 0 Å². The molecule has 0 aromatic carbocycles. The van der Waals surface area contributed by atoms with Gasteiger partial charge in [0.25, 0.3) is 0 Å². The van der Waals surface area contributed by atoms with Crippen LogP contribution in [-0.4, -0.2) is 16.5 Å². The van der Waals surface area contributed by atoms with Crippen LogP contribution >= 0.6 is 0 Å². The number of nitrogens with one attached hydrogen (secondary N) is 2. The topological polar surface area (TPSA) is 63.0 Å². The maximum Gasteiger partial charge on any atom is 0.224 e. The summed E-state index contributed by atoms with van der Waals surface area (Å²) < 4.78 is 5.27. The van der Waals surface area contributed by atoms with E-state index in [-0.39, 0.29) is 0 Å². The highest BCUT2D eigenvalue weighted by Crippen LogP contribution is 2.11. The summed E-state index contributed by atoms with van der Waals surface area (Å²) in [5.74, 6) is 2.90. The van der Waals surface area contributed by atoms with Crippen molar-refractivity contribution >= 4 is 11.8 Å². The van der Waals surface area contributed by atoms with Gasteiger partial charge in [-0.3, -0.25) is 0 Å². The van der Waals surface area contributed by atoms with Crippen LogP contribution in [0.3, 0.4) is 0 Å². The molecule has 0 unspecified atom stereocenters. The van der Waals surface area contributed by atoms with Crippen LogP contribution in [0.25, 0.3) is 0 Å². The van der Waals surface area contributed by atoms with Crippen LogP contribution in [-0.2, 0) is 6.54 Å². The Hall–Kier alpha value is -2.04. The van der Waals surface area contributed by atoms with Gasteiger partial charge in [-0.25, -0.2) is 4.98 Å². The zero-order valence-electron chi connectivity index (χ0n) is 11.6. The highest BCUT2D eigenvalue weighted by Gasteiger charge is 2.03. The van der Waals surface area contributed by atoms with Crippen molar-refractivity contribution < 1.29 is 4.42 Å². The Morgan fingerprint density at radius 1 is 1.26 bits per heavy atom. The molecule has 0 amide bonds. The smallest absolute Gasteiger partial charge is 0.224 e. The monoisotopic (exact) mass is 260 g/mol. The minimum absolute atomic E-state index is 0.559.